The van der Waals surface area contributed by atoms with Crippen LogP contribution >= 0.6 is 0 Å². The van der Waals surface area contributed by atoms with Crippen molar-refractivity contribution in [2.45, 2.75) is 32.1 Å². The maximum Gasteiger partial charge on any atom is 0.335 e. The van der Waals surface area contributed by atoms with E-state index < -0.39 is 26.6 Å². The van der Waals surface area contributed by atoms with Crippen LogP contribution in [-0.4, -0.2) is 42.6 Å². The lowest BCUT2D eigenvalue weighted by molar-refractivity contribution is 0.0697. The summed E-state index contributed by atoms with van der Waals surface area (Å²) in [5, 5.41) is 13.9. The van der Waals surface area contributed by atoms with Crippen LogP contribution < -0.4 is 10.6 Å². The standard InChI is InChI=1S/C15H22N2O5S/c1-15(2,3)23(21,22)9-8-16-14(20)17-10-11-4-6-12(7-5-11)13(18)19/h4-7H,8-10H2,1-3H3,(H,18,19)(H2,16,17,20). The van der Waals surface area contributed by atoms with Crippen LogP contribution in [-0.2, 0) is 16.4 Å². The van der Waals surface area contributed by atoms with Gasteiger partial charge >= 0.3 is 12.0 Å². The van der Waals surface area contributed by atoms with Gasteiger partial charge in [0.05, 0.1) is 16.1 Å². The number of rotatable bonds is 6. The van der Waals surface area contributed by atoms with Gasteiger partial charge in [0.25, 0.3) is 0 Å². The molecule has 0 aromatic heterocycles. The highest BCUT2D eigenvalue weighted by Crippen LogP contribution is 2.15. The van der Waals surface area contributed by atoms with Gasteiger partial charge in [-0.15, -0.1) is 0 Å². The minimum Gasteiger partial charge on any atom is -0.478 e. The molecule has 128 valence electrons. The molecule has 0 aliphatic heterocycles. The molecular weight excluding hydrogens is 320 g/mol. The highest BCUT2D eigenvalue weighted by atomic mass is 32.2. The van der Waals surface area contributed by atoms with Gasteiger partial charge < -0.3 is 15.7 Å². The van der Waals surface area contributed by atoms with Gasteiger partial charge in [0.15, 0.2) is 9.84 Å². The maximum atomic E-state index is 11.9. The first-order valence-electron chi connectivity index (χ1n) is 7.09. The van der Waals surface area contributed by atoms with Crippen molar-refractivity contribution < 1.29 is 23.1 Å². The lowest BCUT2D eigenvalue weighted by atomic mass is 10.1. The number of carboxylic acids is 1. The second kappa shape index (κ2) is 7.45. The Morgan fingerprint density at radius 3 is 2.13 bits per heavy atom. The molecule has 1 aromatic carbocycles. The minimum absolute atomic E-state index is 0.0311. The van der Waals surface area contributed by atoms with Gasteiger partial charge in [-0.3, -0.25) is 0 Å². The van der Waals surface area contributed by atoms with Crippen molar-refractivity contribution in [2.75, 3.05) is 12.3 Å². The summed E-state index contributed by atoms with van der Waals surface area (Å²) in [4.78, 5) is 22.3. The number of benzene rings is 1. The van der Waals surface area contributed by atoms with Crippen LogP contribution in [0.4, 0.5) is 4.79 Å². The lowest BCUT2D eigenvalue weighted by Gasteiger charge is -2.19. The van der Waals surface area contributed by atoms with Crippen molar-refractivity contribution >= 4 is 21.8 Å². The summed E-state index contributed by atoms with van der Waals surface area (Å²) in [6.45, 7) is 5.09. The van der Waals surface area contributed by atoms with Gasteiger partial charge in [-0.1, -0.05) is 12.1 Å². The average molecular weight is 342 g/mol. The number of carbonyl (C=O) groups excluding carboxylic acids is 1. The Kier molecular flexibility index (Phi) is 6.14. The van der Waals surface area contributed by atoms with Gasteiger partial charge in [-0.05, 0) is 38.5 Å². The summed E-state index contributed by atoms with van der Waals surface area (Å²) in [5.41, 5.74) is 0.915. The molecule has 0 aliphatic rings. The Morgan fingerprint density at radius 1 is 1.09 bits per heavy atom. The number of aromatic carboxylic acids is 1. The fourth-order valence-corrected chi connectivity index (χ4v) is 2.60. The van der Waals surface area contributed by atoms with E-state index in [2.05, 4.69) is 10.6 Å². The summed E-state index contributed by atoms with van der Waals surface area (Å²) >= 11 is 0. The molecule has 1 rings (SSSR count). The topological polar surface area (TPSA) is 113 Å². The second-order valence-corrected chi connectivity index (χ2v) is 8.91. The van der Waals surface area contributed by atoms with E-state index in [1.807, 2.05) is 0 Å². The number of carboxylic acid groups (broad SMARTS) is 1. The third-order valence-electron chi connectivity index (χ3n) is 3.24. The number of amides is 2. The Balaban J connectivity index is 2.39. The van der Waals surface area contributed by atoms with Crippen molar-refractivity contribution in [3.8, 4) is 0 Å². The van der Waals surface area contributed by atoms with Gasteiger partial charge in [0.2, 0.25) is 0 Å². The SMILES string of the molecule is CC(C)(C)S(=O)(=O)CCNC(=O)NCc1ccc(C(=O)O)cc1. The van der Waals surface area contributed by atoms with Crippen molar-refractivity contribution in [3.63, 3.8) is 0 Å². The molecule has 3 N–H and O–H groups in total. The van der Waals surface area contributed by atoms with Crippen LogP contribution in [0.15, 0.2) is 24.3 Å². The molecule has 0 unspecified atom stereocenters. The number of nitrogens with one attached hydrogen (secondary N) is 2. The molecule has 0 aliphatic carbocycles. The van der Waals surface area contributed by atoms with Gasteiger partial charge in [-0.2, -0.15) is 0 Å². The van der Waals surface area contributed by atoms with Crippen molar-refractivity contribution in [2.24, 2.45) is 0 Å². The van der Waals surface area contributed by atoms with Gasteiger partial charge in [0, 0.05) is 13.1 Å². The largest absolute Gasteiger partial charge is 0.478 e. The molecule has 2 amide bonds. The summed E-state index contributed by atoms with van der Waals surface area (Å²) < 4.78 is 22.9. The quantitative estimate of drug-likeness (QED) is 0.723. The molecule has 0 saturated heterocycles. The minimum atomic E-state index is -3.27. The fourth-order valence-electron chi connectivity index (χ4n) is 1.62. The molecule has 0 heterocycles. The van der Waals surface area contributed by atoms with E-state index in [1.54, 1.807) is 32.9 Å². The molecule has 0 spiro atoms. The number of sulfone groups is 1. The third kappa shape index (κ3) is 5.90. The first-order valence-corrected chi connectivity index (χ1v) is 8.74. The van der Waals surface area contributed by atoms with E-state index in [0.29, 0.717) is 0 Å². The predicted molar refractivity (Wildman–Crippen MR) is 87.2 cm³/mol. The van der Waals surface area contributed by atoms with Crippen molar-refractivity contribution in [1.29, 1.82) is 0 Å². The Bertz CT molecular complexity index is 660. The Labute approximate surface area is 136 Å². The number of urea groups is 1. The molecule has 0 bridgehead atoms. The summed E-state index contributed by atoms with van der Waals surface area (Å²) in [5.74, 6) is -1.14. The maximum absolute atomic E-state index is 11.9. The number of carbonyl (C=O) groups is 2. The van der Waals surface area contributed by atoms with Gasteiger partial charge in [0.1, 0.15) is 0 Å². The highest BCUT2D eigenvalue weighted by Gasteiger charge is 2.28. The monoisotopic (exact) mass is 342 g/mol. The first-order chi connectivity index (χ1) is 10.5. The number of hydrogen-bond acceptors (Lipinski definition) is 4. The van der Waals surface area contributed by atoms with E-state index in [-0.39, 0.29) is 24.4 Å². The molecular formula is C15H22N2O5S. The van der Waals surface area contributed by atoms with Crippen LogP contribution in [0.3, 0.4) is 0 Å². The normalized spacial score (nSPS) is 11.8. The molecule has 0 saturated carbocycles. The van der Waals surface area contributed by atoms with E-state index in [4.69, 9.17) is 5.11 Å². The van der Waals surface area contributed by atoms with Gasteiger partial charge in [-0.25, -0.2) is 18.0 Å². The second-order valence-electron chi connectivity index (χ2n) is 6.04. The summed E-state index contributed by atoms with van der Waals surface area (Å²) in [6, 6.07) is 5.64. The van der Waals surface area contributed by atoms with E-state index in [9.17, 15) is 18.0 Å². The lowest BCUT2D eigenvalue weighted by Crippen LogP contribution is -2.40. The molecule has 7 nitrogen and oxygen atoms in total. The molecule has 8 heteroatoms. The summed E-state index contributed by atoms with van der Waals surface area (Å²) in [6.07, 6.45) is 0. The fraction of sp³-hybridized carbons (Fsp3) is 0.467. The predicted octanol–water partition coefficient (Wildman–Crippen LogP) is 1.40. The van der Waals surface area contributed by atoms with E-state index in [0.717, 1.165) is 5.56 Å². The van der Waals surface area contributed by atoms with E-state index in [1.165, 1.54) is 12.1 Å². The smallest absolute Gasteiger partial charge is 0.335 e. The van der Waals surface area contributed by atoms with Crippen LogP contribution in [0.25, 0.3) is 0 Å². The third-order valence-corrected chi connectivity index (χ3v) is 5.85. The highest BCUT2D eigenvalue weighted by molar-refractivity contribution is 7.92. The number of hydrogen-bond donors (Lipinski definition) is 3. The van der Waals surface area contributed by atoms with Crippen molar-refractivity contribution in [3.05, 3.63) is 35.4 Å². The van der Waals surface area contributed by atoms with Crippen LogP contribution in [0.2, 0.25) is 0 Å². The molecule has 23 heavy (non-hydrogen) atoms. The van der Waals surface area contributed by atoms with Crippen molar-refractivity contribution in [1.82, 2.24) is 10.6 Å². The molecule has 0 fully saturated rings. The Morgan fingerprint density at radius 2 is 1.65 bits per heavy atom. The van der Waals surface area contributed by atoms with E-state index >= 15 is 0 Å². The molecule has 0 radical (unpaired) electrons. The summed E-state index contributed by atoms with van der Waals surface area (Å²) in [7, 11) is -3.27. The van der Waals surface area contributed by atoms with Crippen LogP contribution in [0.1, 0.15) is 36.7 Å². The Hall–Kier alpha value is -2.09. The van der Waals surface area contributed by atoms with Crippen LogP contribution in [0, 0.1) is 0 Å². The van der Waals surface area contributed by atoms with Crippen LogP contribution in [0.5, 0.6) is 0 Å². The zero-order valence-electron chi connectivity index (χ0n) is 13.4. The zero-order chi connectivity index (χ0) is 17.7. The molecule has 1 aromatic rings. The first kappa shape index (κ1) is 19.0. The average Bonchev–Trinajstić information content (AvgIpc) is 2.44. The molecule has 0 atom stereocenters. The zero-order valence-corrected chi connectivity index (χ0v) is 14.2.